The molecule has 0 unspecified atom stereocenters. The highest BCUT2D eigenvalue weighted by Crippen LogP contribution is 2.38. The Morgan fingerprint density at radius 2 is 1.92 bits per heavy atom. The quantitative estimate of drug-likeness (QED) is 0.746. The molecule has 0 saturated heterocycles. The first-order chi connectivity index (χ1) is 12.2. The van der Waals surface area contributed by atoms with Crippen molar-refractivity contribution < 1.29 is 26.1 Å². The Morgan fingerprint density at radius 3 is 2.54 bits per heavy atom. The lowest BCUT2D eigenvalue weighted by Crippen LogP contribution is -2.14. The van der Waals surface area contributed by atoms with Crippen molar-refractivity contribution in [1.29, 1.82) is 0 Å². The summed E-state index contributed by atoms with van der Waals surface area (Å²) < 4.78 is 69.6. The van der Waals surface area contributed by atoms with Crippen LogP contribution in [0.3, 0.4) is 0 Å². The van der Waals surface area contributed by atoms with Crippen LogP contribution in [0.15, 0.2) is 39.9 Å². The summed E-state index contributed by atoms with van der Waals surface area (Å²) in [7, 11) is -4.46. The third-order valence-electron chi connectivity index (χ3n) is 3.74. The molecule has 2 heterocycles. The molecule has 3 aromatic rings. The van der Waals surface area contributed by atoms with E-state index in [1.54, 1.807) is 19.1 Å². The zero-order valence-electron chi connectivity index (χ0n) is 13.3. The summed E-state index contributed by atoms with van der Waals surface area (Å²) in [5.41, 5.74) is 0.476. The molecule has 3 rings (SSSR count). The van der Waals surface area contributed by atoms with Gasteiger partial charge in [0.15, 0.2) is 12.4 Å². The summed E-state index contributed by atoms with van der Waals surface area (Å²) in [4.78, 5) is 3.07. The highest BCUT2D eigenvalue weighted by molar-refractivity contribution is 7.89. The van der Waals surface area contributed by atoms with E-state index < -0.39 is 38.8 Å². The predicted molar refractivity (Wildman–Crippen MR) is 86.0 cm³/mol. The fourth-order valence-corrected chi connectivity index (χ4v) is 3.15. The van der Waals surface area contributed by atoms with Crippen LogP contribution < -0.4 is 5.14 Å². The van der Waals surface area contributed by atoms with Crippen LogP contribution in [-0.4, -0.2) is 18.6 Å². The van der Waals surface area contributed by atoms with Gasteiger partial charge in [0.1, 0.15) is 22.2 Å². The molecule has 0 aliphatic carbocycles. The minimum Gasteiger partial charge on any atom is -0.357 e. The molecule has 0 bridgehead atoms. The van der Waals surface area contributed by atoms with E-state index in [0.29, 0.717) is 23.4 Å². The highest BCUT2D eigenvalue weighted by atomic mass is 32.2. The Bertz CT molecular complexity index is 1100. The van der Waals surface area contributed by atoms with Gasteiger partial charge in [0.05, 0.1) is 5.56 Å². The second-order valence-electron chi connectivity index (χ2n) is 5.41. The SMILES string of the molecule is Cc1ncccc1-c1noc(CF)c1-c1cc(F)c(S(N)(=O)=O)cc1F. The van der Waals surface area contributed by atoms with Crippen LogP contribution in [0.2, 0.25) is 0 Å². The number of hydrogen-bond donors (Lipinski definition) is 1. The molecule has 0 radical (unpaired) electrons. The predicted octanol–water partition coefficient (Wildman–Crippen LogP) is 3.11. The molecule has 2 N–H and O–H groups in total. The molecular weight excluding hydrogens is 371 g/mol. The maximum atomic E-state index is 14.5. The van der Waals surface area contributed by atoms with Crippen molar-refractivity contribution in [3.63, 3.8) is 0 Å². The first-order valence-corrected chi connectivity index (χ1v) is 8.77. The fourth-order valence-electron chi connectivity index (χ4n) is 2.55. The molecule has 10 heteroatoms. The number of nitrogens with two attached hydrogens (primary N) is 1. The van der Waals surface area contributed by atoms with Gasteiger partial charge in [-0.05, 0) is 31.2 Å². The number of aromatic nitrogens is 2. The molecule has 0 atom stereocenters. The van der Waals surface area contributed by atoms with Gasteiger partial charge >= 0.3 is 0 Å². The van der Waals surface area contributed by atoms with Crippen molar-refractivity contribution in [3.8, 4) is 22.4 Å². The number of primary sulfonamides is 1. The van der Waals surface area contributed by atoms with E-state index in [1.807, 2.05) is 0 Å². The van der Waals surface area contributed by atoms with E-state index in [-0.39, 0.29) is 17.0 Å². The maximum absolute atomic E-state index is 14.5. The van der Waals surface area contributed by atoms with E-state index in [2.05, 4.69) is 10.1 Å². The summed E-state index contributed by atoms with van der Waals surface area (Å²) >= 11 is 0. The van der Waals surface area contributed by atoms with E-state index in [9.17, 15) is 21.6 Å². The summed E-state index contributed by atoms with van der Waals surface area (Å²) in [5.74, 6) is -2.72. The Labute approximate surface area is 146 Å². The standard InChI is InChI=1S/C16H12F3N3O3S/c1-8-9(3-2-4-21-8)16-15(13(7-17)25-22-16)10-5-12(19)14(6-11(10)18)26(20,23)24/h2-6H,7H2,1H3,(H2,20,23,24). The molecule has 0 saturated carbocycles. The van der Waals surface area contributed by atoms with Crippen LogP contribution >= 0.6 is 0 Å². The van der Waals surface area contributed by atoms with E-state index in [1.165, 1.54) is 6.20 Å². The molecule has 0 aliphatic heterocycles. The summed E-state index contributed by atoms with van der Waals surface area (Å²) in [6.07, 6.45) is 1.52. The van der Waals surface area contributed by atoms with E-state index in [4.69, 9.17) is 9.66 Å². The van der Waals surface area contributed by atoms with Crippen LogP contribution in [0, 0.1) is 18.6 Å². The molecular formula is C16H12F3N3O3S. The van der Waals surface area contributed by atoms with Crippen molar-refractivity contribution in [2.45, 2.75) is 18.5 Å². The Hall–Kier alpha value is -2.72. The maximum Gasteiger partial charge on any atom is 0.241 e. The number of nitrogens with zero attached hydrogens (tertiary/aromatic N) is 2. The molecule has 6 nitrogen and oxygen atoms in total. The highest BCUT2D eigenvalue weighted by Gasteiger charge is 2.26. The second kappa shape index (κ2) is 6.54. The average Bonchev–Trinajstić information content (AvgIpc) is 2.99. The molecule has 0 spiro atoms. The zero-order valence-corrected chi connectivity index (χ0v) is 14.1. The molecule has 2 aromatic heterocycles. The van der Waals surface area contributed by atoms with Gasteiger partial charge in [0.2, 0.25) is 10.0 Å². The number of rotatable bonds is 4. The van der Waals surface area contributed by atoms with Crippen molar-refractivity contribution in [1.82, 2.24) is 10.1 Å². The van der Waals surface area contributed by atoms with Crippen LogP contribution in [0.25, 0.3) is 22.4 Å². The van der Waals surface area contributed by atoms with Gasteiger partial charge in [-0.1, -0.05) is 5.16 Å². The third kappa shape index (κ3) is 3.08. The minimum absolute atomic E-state index is 0.0601. The molecule has 0 amide bonds. The largest absolute Gasteiger partial charge is 0.357 e. The summed E-state index contributed by atoms with van der Waals surface area (Å²) in [6.45, 7) is 0.531. The number of halogens is 3. The lowest BCUT2D eigenvalue weighted by Gasteiger charge is -2.09. The van der Waals surface area contributed by atoms with Crippen molar-refractivity contribution in [2.75, 3.05) is 0 Å². The van der Waals surface area contributed by atoms with Gasteiger partial charge in [-0.15, -0.1) is 0 Å². The van der Waals surface area contributed by atoms with Gasteiger partial charge in [0, 0.05) is 23.0 Å². The zero-order chi connectivity index (χ0) is 19.1. The van der Waals surface area contributed by atoms with Gasteiger partial charge in [-0.2, -0.15) is 0 Å². The minimum atomic E-state index is -4.46. The molecule has 136 valence electrons. The molecule has 0 aliphatic rings. The number of pyridine rings is 1. The monoisotopic (exact) mass is 383 g/mol. The topological polar surface area (TPSA) is 99.1 Å². The van der Waals surface area contributed by atoms with Crippen LogP contribution in [0.1, 0.15) is 11.5 Å². The van der Waals surface area contributed by atoms with Crippen molar-refractivity contribution >= 4 is 10.0 Å². The second-order valence-corrected chi connectivity index (χ2v) is 6.94. The van der Waals surface area contributed by atoms with Gasteiger partial charge in [0.25, 0.3) is 0 Å². The molecule has 0 fully saturated rings. The first-order valence-electron chi connectivity index (χ1n) is 7.22. The lowest BCUT2D eigenvalue weighted by atomic mass is 9.98. The normalized spacial score (nSPS) is 11.7. The smallest absolute Gasteiger partial charge is 0.241 e. The Morgan fingerprint density at radius 1 is 1.19 bits per heavy atom. The van der Waals surface area contributed by atoms with Crippen LogP contribution in [0.4, 0.5) is 13.2 Å². The van der Waals surface area contributed by atoms with E-state index in [0.717, 1.165) is 0 Å². The van der Waals surface area contributed by atoms with Gasteiger partial charge < -0.3 is 4.52 Å². The third-order valence-corrected chi connectivity index (χ3v) is 4.67. The average molecular weight is 383 g/mol. The first kappa shape index (κ1) is 18.1. The lowest BCUT2D eigenvalue weighted by molar-refractivity contribution is 0.332. The van der Waals surface area contributed by atoms with Gasteiger partial charge in [-0.25, -0.2) is 26.7 Å². The van der Waals surface area contributed by atoms with Gasteiger partial charge in [-0.3, -0.25) is 4.98 Å². The summed E-state index contributed by atoms with van der Waals surface area (Å²) in [6, 6.07) is 4.26. The number of benzene rings is 1. The van der Waals surface area contributed by atoms with Crippen LogP contribution in [0.5, 0.6) is 0 Å². The van der Waals surface area contributed by atoms with Crippen molar-refractivity contribution in [2.24, 2.45) is 5.14 Å². The fraction of sp³-hybridized carbons (Fsp3) is 0.125. The Balaban J connectivity index is 2.30. The molecule has 1 aromatic carbocycles. The van der Waals surface area contributed by atoms with E-state index >= 15 is 0 Å². The number of sulfonamides is 1. The van der Waals surface area contributed by atoms with Crippen molar-refractivity contribution in [3.05, 3.63) is 53.6 Å². The number of aryl methyl sites for hydroxylation is 1. The Kier molecular flexibility index (Phi) is 4.55. The summed E-state index contributed by atoms with van der Waals surface area (Å²) in [5, 5.41) is 8.61. The number of hydrogen-bond acceptors (Lipinski definition) is 5. The number of alkyl halides is 1. The van der Waals surface area contributed by atoms with Crippen LogP contribution in [-0.2, 0) is 16.7 Å². The molecule has 26 heavy (non-hydrogen) atoms.